The fourth-order valence-electron chi connectivity index (χ4n) is 1.41. The van der Waals surface area contributed by atoms with Gasteiger partial charge in [-0.2, -0.15) is 0 Å². The minimum atomic E-state index is -0.322. The van der Waals surface area contributed by atoms with Crippen LogP contribution in [-0.2, 0) is 0 Å². The molecule has 14 heavy (non-hydrogen) atoms. The molecule has 0 N–H and O–H groups in total. The van der Waals surface area contributed by atoms with Gasteiger partial charge in [-0.05, 0) is 22.0 Å². The normalized spacial score (nSPS) is 16.9. The fourth-order valence-corrected chi connectivity index (χ4v) is 2.81. The summed E-state index contributed by atoms with van der Waals surface area (Å²) in [5, 5.41) is 1.87. The lowest BCUT2D eigenvalue weighted by molar-refractivity contribution is 0.0457. The van der Waals surface area contributed by atoms with Gasteiger partial charge in [-0.25, -0.2) is 0 Å². The van der Waals surface area contributed by atoms with Gasteiger partial charge in [0.15, 0.2) is 0 Å². The first kappa shape index (κ1) is 10.1. The van der Waals surface area contributed by atoms with Crippen LogP contribution in [0.4, 0.5) is 4.39 Å². The van der Waals surface area contributed by atoms with Crippen LogP contribution in [0.1, 0.15) is 9.67 Å². The number of thiophene rings is 1. The van der Waals surface area contributed by atoms with E-state index >= 15 is 0 Å². The van der Waals surface area contributed by atoms with Crippen molar-refractivity contribution in [3.63, 3.8) is 0 Å². The van der Waals surface area contributed by atoms with Crippen LogP contribution < -0.4 is 0 Å². The molecular weight excluding hydrogens is 269 g/mol. The Morgan fingerprint density at radius 2 is 2.43 bits per heavy atom. The molecule has 1 aliphatic heterocycles. The number of carbonyl (C=O) groups excluding carboxylic acids is 1. The Labute approximate surface area is 93.8 Å². The number of amides is 1. The molecule has 1 aromatic rings. The lowest BCUT2D eigenvalue weighted by atomic mass is 10.0. The molecule has 1 saturated heterocycles. The molecule has 0 unspecified atom stereocenters. The van der Waals surface area contributed by atoms with Crippen LogP contribution in [0.3, 0.4) is 0 Å². The number of nitrogens with zero attached hydrogens (tertiary/aromatic N) is 1. The summed E-state index contributed by atoms with van der Waals surface area (Å²) in [5.41, 5.74) is 0. The van der Waals surface area contributed by atoms with Crippen LogP contribution >= 0.6 is 27.3 Å². The molecule has 1 amide bonds. The van der Waals surface area contributed by atoms with Crippen LogP contribution in [0.15, 0.2) is 15.9 Å². The monoisotopic (exact) mass is 277 g/mol. The highest BCUT2D eigenvalue weighted by atomic mass is 79.9. The summed E-state index contributed by atoms with van der Waals surface area (Å²) in [6.07, 6.45) is 0. The number of alkyl halides is 1. The summed E-state index contributed by atoms with van der Waals surface area (Å²) in [6, 6.07) is 1.80. The number of likely N-dealkylation sites (tertiary alicyclic amines) is 1. The minimum absolute atomic E-state index is 0.0189. The SMILES string of the molecule is O=C(c1cc(Br)cs1)N1CC(CF)C1. The van der Waals surface area contributed by atoms with E-state index in [1.807, 2.05) is 5.38 Å². The second-order valence-electron chi connectivity index (χ2n) is 3.36. The first-order valence-corrected chi connectivity index (χ1v) is 5.97. The van der Waals surface area contributed by atoms with Crippen LogP contribution in [-0.4, -0.2) is 30.6 Å². The van der Waals surface area contributed by atoms with E-state index in [0.29, 0.717) is 18.0 Å². The lowest BCUT2D eigenvalue weighted by Crippen LogP contribution is -2.50. The summed E-state index contributed by atoms with van der Waals surface area (Å²) >= 11 is 4.71. The van der Waals surface area contributed by atoms with Gasteiger partial charge in [0, 0.05) is 28.9 Å². The second kappa shape index (κ2) is 3.98. The van der Waals surface area contributed by atoms with E-state index in [9.17, 15) is 9.18 Å². The van der Waals surface area contributed by atoms with Gasteiger partial charge in [0.1, 0.15) is 0 Å². The average molecular weight is 278 g/mol. The quantitative estimate of drug-likeness (QED) is 0.814. The molecular formula is C9H9BrFNOS. The second-order valence-corrected chi connectivity index (χ2v) is 5.19. The number of hydrogen-bond donors (Lipinski definition) is 0. The van der Waals surface area contributed by atoms with E-state index in [4.69, 9.17) is 0 Å². The average Bonchev–Trinajstić information content (AvgIpc) is 2.49. The molecule has 1 aliphatic rings. The molecule has 1 aromatic heterocycles. The first-order valence-electron chi connectivity index (χ1n) is 4.30. The molecule has 0 spiro atoms. The Morgan fingerprint density at radius 3 is 2.93 bits per heavy atom. The van der Waals surface area contributed by atoms with Gasteiger partial charge in [-0.3, -0.25) is 9.18 Å². The third-order valence-electron chi connectivity index (χ3n) is 2.24. The van der Waals surface area contributed by atoms with E-state index in [1.54, 1.807) is 11.0 Å². The number of carbonyl (C=O) groups is 1. The molecule has 2 heterocycles. The van der Waals surface area contributed by atoms with E-state index in [-0.39, 0.29) is 18.5 Å². The maximum atomic E-state index is 12.1. The summed E-state index contributed by atoms with van der Waals surface area (Å²) in [6.45, 7) is 0.799. The zero-order valence-electron chi connectivity index (χ0n) is 7.37. The van der Waals surface area contributed by atoms with Crippen LogP contribution in [0.25, 0.3) is 0 Å². The van der Waals surface area contributed by atoms with Crippen LogP contribution in [0.2, 0.25) is 0 Å². The van der Waals surface area contributed by atoms with E-state index in [2.05, 4.69) is 15.9 Å². The molecule has 1 fully saturated rings. The van der Waals surface area contributed by atoms with Crippen LogP contribution in [0, 0.1) is 5.92 Å². The van der Waals surface area contributed by atoms with Gasteiger partial charge in [-0.1, -0.05) is 0 Å². The number of rotatable bonds is 2. The minimum Gasteiger partial charge on any atom is -0.337 e. The van der Waals surface area contributed by atoms with Crippen molar-refractivity contribution >= 4 is 33.2 Å². The highest BCUT2D eigenvalue weighted by molar-refractivity contribution is 9.10. The predicted octanol–water partition coefficient (Wildman–Crippen LogP) is 2.55. The Kier molecular flexibility index (Phi) is 2.88. The van der Waals surface area contributed by atoms with Gasteiger partial charge in [0.25, 0.3) is 5.91 Å². The van der Waals surface area contributed by atoms with E-state index in [0.717, 1.165) is 4.47 Å². The van der Waals surface area contributed by atoms with Gasteiger partial charge in [0.05, 0.1) is 11.6 Å². The van der Waals surface area contributed by atoms with Gasteiger partial charge in [0.2, 0.25) is 0 Å². The third kappa shape index (κ3) is 1.83. The van der Waals surface area contributed by atoms with Crippen molar-refractivity contribution in [3.8, 4) is 0 Å². The first-order chi connectivity index (χ1) is 6.70. The number of hydrogen-bond acceptors (Lipinski definition) is 2. The zero-order chi connectivity index (χ0) is 10.1. The topological polar surface area (TPSA) is 20.3 Å². The van der Waals surface area contributed by atoms with Gasteiger partial charge >= 0.3 is 0 Å². The van der Waals surface area contributed by atoms with Crippen molar-refractivity contribution in [2.45, 2.75) is 0 Å². The van der Waals surface area contributed by atoms with Crippen molar-refractivity contribution < 1.29 is 9.18 Å². The molecule has 0 bridgehead atoms. The predicted molar refractivity (Wildman–Crippen MR) is 57.4 cm³/mol. The van der Waals surface area contributed by atoms with Gasteiger partial charge < -0.3 is 4.90 Å². The lowest BCUT2D eigenvalue weighted by Gasteiger charge is -2.37. The Hall–Kier alpha value is -0.420. The fraction of sp³-hybridized carbons (Fsp3) is 0.444. The van der Waals surface area contributed by atoms with E-state index < -0.39 is 0 Å². The zero-order valence-corrected chi connectivity index (χ0v) is 9.78. The molecule has 76 valence electrons. The van der Waals surface area contributed by atoms with Gasteiger partial charge in [-0.15, -0.1) is 11.3 Å². The summed E-state index contributed by atoms with van der Waals surface area (Å²) in [5.74, 6) is 0.0766. The summed E-state index contributed by atoms with van der Waals surface area (Å²) < 4.78 is 13.1. The molecule has 0 atom stereocenters. The standard InChI is InChI=1S/C9H9BrFNOS/c10-7-1-8(14-5-7)9(13)12-3-6(2-11)4-12/h1,5-6H,2-4H2. The van der Waals surface area contributed by atoms with Crippen molar-refractivity contribution in [1.82, 2.24) is 4.90 Å². The third-order valence-corrected chi connectivity index (χ3v) is 3.92. The highest BCUT2D eigenvalue weighted by Crippen LogP contribution is 2.24. The smallest absolute Gasteiger partial charge is 0.263 e. The van der Waals surface area contributed by atoms with Crippen molar-refractivity contribution in [2.75, 3.05) is 19.8 Å². The summed E-state index contributed by atoms with van der Waals surface area (Å²) in [7, 11) is 0. The molecule has 2 rings (SSSR count). The molecule has 0 radical (unpaired) electrons. The van der Waals surface area contributed by atoms with Crippen molar-refractivity contribution in [1.29, 1.82) is 0 Å². The summed E-state index contributed by atoms with van der Waals surface area (Å²) in [4.78, 5) is 14.1. The molecule has 2 nitrogen and oxygen atoms in total. The van der Waals surface area contributed by atoms with Crippen molar-refractivity contribution in [3.05, 3.63) is 20.8 Å². The highest BCUT2D eigenvalue weighted by Gasteiger charge is 2.31. The largest absolute Gasteiger partial charge is 0.337 e. The molecule has 0 aliphatic carbocycles. The Morgan fingerprint density at radius 1 is 1.71 bits per heavy atom. The van der Waals surface area contributed by atoms with Crippen LogP contribution in [0.5, 0.6) is 0 Å². The molecule has 0 aromatic carbocycles. The molecule has 0 saturated carbocycles. The van der Waals surface area contributed by atoms with E-state index in [1.165, 1.54) is 11.3 Å². The van der Waals surface area contributed by atoms with Crippen molar-refractivity contribution in [2.24, 2.45) is 5.92 Å². The Bertz CT molecular complexity index is 348. The molecule has 5 heteroatoms. The maximum Gasteiger partial charge on any atom is 0.263 e. The Balaban J connectivity index is 1.97. The number of halogens is 2. The maximum absolute atomic E-state index is 12.1.